The molecule has 104 valence electrons. The van der Waals surface area contributed by atoms with Gasteiger partial charge in [0.15, 0.2) is 0 Å². The van der Waals surface area contributed by atoms with Gasteiger partial charge in [-0.25, -0.2) is 0 Å². The van der Waals surface area contributed by atoms with Crippen molar-refractivity contribution in [2.24, 2.45) is 23.7 Å². The summed E-state index contributed by atoms with van der Waals surface area (Å²) in [5.74, 6) is 3.26. The first-order chi connectivity index (χ1) is 9.83. The average molecular weight is 284 g/mol. The minimum atomic E-state index is -0.804. The van der Waals surface area contributed by atoms with Gasteiger partial charge >= 0.3 is 0 Å². The smallest absolute Gasteiger partial charge is 0.0567 e. The van der Waals surface area contributed by atoms with Crippen LogP contribution >= 0.6 is 0 Å². The van der Waals surface area contributed by atoms with Crippen molar-refractivity contribution in [3.63, 3.8) is 0 Å². The molecule has 0 unspecified atom stereocenters. The number of benzene rings is 1. The highest BCUT2D eigenvalue weighted by molar-refractivity contribution is 7.85. The van der Waals surface area contributed by atoms with E-state index in [1.54, 1.807) is 5.57 Å². The van der Waals surface area contributed by atoms with Crippen molar-refractivity contribution in [2.45, 2.75) is 42.2 Å². The van der Waals surface area contributed by atoms with E-state index in [2.05, 4.69) is 0 Å². The second-order valence-corrected chi connectivity index (χ2v) is 8.71. The van der Waals surface area contributed by atoms with Gasteiger partial charge in [-0.15, -0.1) is 0 Å². The number of rotatable bonds is 2. The van der Waals surface area contributed by atoms with Crippen molar-refractivity contribution in [3.05, 3.63) is 41.5 Å². The van der Waals surface area contributed by atoms with Gasteiger partial charge < -0.3 is 0 Å². The van der Waals surface area contributed by atoms with E-state index in [1.807, 2.05) is 35.9 Å². The summed E-state index contributed by atoms with van der Waals surface area (Å²) in [6.07, 6.45) is 6.80. The Labute approximate surface area is 122 Å². The number of hydrogen-bond donors (Lipinski definition) is 0. The molecule has 2 heteroatoms. The molecule has 4 aliphatic carbocycles. The van der Waals surface area contributed by atoms with Gasteiger partial charge in [0, 0.05) is 10.1 Å². The van der Waals surface area contributed by atoms with Gasteiger partial charge in [-0.05, 0) is 67.9 Å². The van der Waals surface area contributed by atoms with Gasteiger partial charge in [0.05, 0.1) is 10.8 Å². The molecule has 0 saturated heterocycles. The Balaban J connectivity index is 1.49. The van der Waals surface area contributed by atoms with Crippen LogP contribution < -0.4 is 0 Å². The maximum absolute atomic E-state index is 12.9. The van der Waals surface area contributed by atoms with Crippen LogP contribution in [0, 0.1) is 23.7 Å². The van der Waals surface area contributed by atoms with Crippen molar-refractivity contribution in [1.82, 2.24) is 0 Å². The van der Waals surface area contributed by atoms with Gasteiger partial charge in [-0.2, -0.15) is 0 Å². The molecule has 0 spiro atoms. The van der Waals surface area contributed by atoms with Crippen LogP contribution in [-0.2, 0) is 10.8 Å². The normalized spacial score (nSPS) is 42.3. The maximum Gasteiger partial charge on any atom is 0.0567 e. The fourth-order valence-electron chi connectivity index (χ4n) is 5.65. The van der Waals surface area contributed by atoms with Gasteiger partial charge in [-0.1, -0.05) is 29.3 Å². The zero-order chi connectivity index (χ0) is 13.3. The van der Waals surface area contributed by atoms with Crippen molar-refractivity contribution in [1.29, 1.82) is 0 Å². The van der Waals surface area contributed by atoms with Crippen LogP contribution in [0.3, 0.4) is 0 Å². The summed E-state index contributed by atoms with van der Waals surface area (Å²) in [7, 11) is -0.804. The topological polar surface area (TPSA) is 17.1 Å². The van der Waals surface area contributed by atoms with Crippen molar-refractivity contribution >= 4 is 10.8 Å². The van der Waals surface area contributed by atoms with E-state index in [0.717, 1.165) is 22.6 Å². The third-order valence-electron chi connectivity index (χ3n) is 6.24. The van der Waals surface area contributed by atoms with Crippen LogP contribution in [0.15, 0.2) is 46.4 Å². The molecule has 4 bridgehead atoms. The molecule has 6 atom stereocenters. The Morgan fingerprint density at radius 2 is 1.60 bits per heavy atom. The lowest BCUT2D eigenvalue weighted by Gasteiger charge is -2.29. The fourth-order valence-corrected chi connectivity index (χ4v) is 7.39. The third-order valence-corrected chi connectivity index (χ3v) is 8.05. The summed E-state index contributed by atoms with van der Waals surface area (Å²) in [4.78, 5) is 1.04. The third kappa shape index (κ3) is 1.41. The lowest BCUT2D eigenvalue weighted by molar-refractivity contribution is 0.529. The van der Waals surface area contributed by atoms with Crippen LogP contribution in [0.5, 0.6) is 0 Å². The Morgan fingerprint density at radius 3 is 2.40 bits per heavy atom. The quantitative estimate of drug-likeness (QED) is 0.594. The summed E-state index contributed by atoms with van der Waals surface area (Å²) < 4.78 is 12.9. The van der Waals surface area contributed by atoms with E-state index in [1.165, 1.54) is 32.1 Å². The lowest BCUT2D eigenvalue weighted by Crippen LogP contribution is -2.27. The summed E-state index contributed by atoms with van der Waals surface area (Å²) >= 11 is 0. The largest absolute Gasteiger partial charge is 0.254 e. The van der Waals surface area contributed by atoms with Gasteiger partial charge in [0.25, 0.3) is 0 Å². The molecule has 4 aliphatic rings. The first-order valence-electron chi connectivity index (χ1n) is 8.02. The molecule has 0 N–H and O–H groups in total. The summed E-state index contributed by atoms with van der Waals surface area (Å²) in [6, 6.07) is 10.1. The van der Waals surface area contributed by atoms with Crippen LogP contribution in [0.25, 0.3) is 0 Å². The fraction of sp³-hybridized carbons (Fsp3) is 0.556. The molecule has 0 aromatic heterocycles. The minimum Gasteiger partial charge on any atom is -0.254 e. The highest BCUT2D eigenvalue weighted by Crippen LogP contribution is 2.64. The Bertz CT molecular complexity index is 618. The Morgan fingerprint density at radius 1 is 0.850 bits per heavy atom. The summed E-state index contributed by atoms with van der Waals surface area (Å²) in [5.41, 5.74) is 3.65. The van der Waals surface area contributed by atoms with Crippen molar-refractivity contribution in [3.8, 4) is 0 Å². The molecular weight excluding hydrogens is 264 g/mol. The SMILES string of the molecule is O=[S@](c1ccccc1)[C@@H]1C[C@@H]2C[C@@H]1C1=C2[C@@H]2CC[C@@H]1C2. The minimum absolute atomic E-state index is 0.403. The number of hydrogen-bond acceptors (Lipinski definition) is 1. The van der Waals surface area contributed by atoms with E-state index in [9.17, 15) is 4.21 Å². The van der Waals surface area contributed by atoms with Crippen LogP contribution in [0.1, 0.15) is 32.1 Å². The highest BCUT2D eigenvalue weighted by atomic mass is 32.2. The molecular formula is C18H20OS. The predicted octanol–water partition coefficient (Wildman–Crippen LogP) is 3.93. The first kappa shape index (κ1) is 11.7. The van der Waals surface area contributed by atoms with Crippen molar-refractivity contribution < 1.29 is 4.21 Å². The van der Waals surface area contributed by atoms with Crippen LogP contribution in [-0.4, -0.2) is 9.46 Å². The predicted molar refractivity (Wildman–Crippen MR) is 80.7 cm³/mol. The van der Waals surface area contributed by atoms with E-state index in [4.69, 9.17) is 0 Å². The molecule has 5 rings (SSSR count). The highest BCUT2D eigenvalue weighted by Gasteiger charge is 2.55. The molecule has 2 fully saturated rings. The number of allylic oxidation sites excluding steroid dienone is 2. The second-order valence-electron chi connectivity index (χ2n) is 7.04. The van der Waals surface area contributed by atoms with Crippen LogP contribution in [0.2, 0.25) is 0 Å². The van der Waals surface area contributed by atoms with E-state index < -0.39 is 10.8 Å². The Hall–Kier alpha value is -0.890. The van der Waals surface area contributed by atoms with Crippen LogP contribution in [0.4, 0.5) is 0 Å². The standard InChI is InChI=1S/C18H20OS/c19-20(14-4-2-1-3-5-14)16-10-13-9-15(16)18-12-7-6-11(8-12)17(13)18/h1-5,11-13,15-16H,6-10H2/t11-,12-,13+,15+,16-,20-/m1/s1. The van der Waals surface area contributed by atoms with E-state index in [0.29, 0.717) is 11.2 Å². The molecule has 1 aromatic rings. The second kappa shape index (κ2) is 4.07. The lowest BCUT2D eigenvalue weighted by atomic mass is 9.82. The molecule has 1 aromatic carbocycles. The molecule has 1 nitrogen and oxygen atoms in total. The van der Waals surface area contributed by atoms with E-state index in [-0.39, 0.29) is 0 Å². The number of fused-ring (bicyclic) bond motifs is 8. The molecule has 0 amide bonds. The molecule has 0 radical (unpaired) electrons. The molecule has 2 saturated carbocycles. The van der Waals surface area contributed by atoms with Gasteiger partial charge in [0.2, 0.25) is 0 Å². The summed E-state index contributed by atoms with van der Waals surface area (Å²) in [5, 5.41) is 0.403. The van der Waals surface area contributed by atoms with Crippen molar-refractivity contribution in [2.75, 3.05) is 0 Å². The monoisotopic (exact) mass is 284 g/mol. The molecule has 0 aliphatic heterocycles. The first-order valence-corrected chi connectivity index (χ1v) is 9.23. The summed E-state index contributed by atoms with van der Waals surface area (Å²) in [6.45, 7) is 0. The van der Waals surface area contributed by atoms with Gasteiger partial charge in [0.1, 0.15) is 0 Å². The molecule has 0 heterocycles. The van der Waals surface area contributed by atoms with E-state index >= 15 is 0 Å². The molecule has 20 heavy (non-hydrogen) atoms. The zero-order valence-electron chi connectivity index (χ0n) is 11.6. The average Bonchev–Trinajstić information content (AvgIpc) is 3.24. The Kier molecular flexibility index (Phi) is 2.39. The zero-order valence-corrected chi connectivity index (χ0v) is 12.4. The maximum atomic E-state index is 12.9. The van der Waals surface area contributed by atoms with Gasteiger partial charge in [-0.3, -0.25) is 4.21 Å².